The zero-order valence-corrected chi connectivity index (χ0v) is 10.1. The quantitative estimate of drug-likeness (QED) is 0.847. The van der Waals surface area contributed by atoms with Crippen LogP contribution in [0.4, 0.5) is 0 Å². The molecule has 1 aliphatic carbocycles. The maximum atomic E-state index is 5.90. The van der Waals surface area contributed by atoms with E-state index in [0.717, 1.165) is 11.5 Å². The molecule has 88 valence electrons. The van der Waals surface area contributed by atoms with Gasteiger partial charge in [-0.05, 0) is 42.9 Å². The minimum atomic E-state index is 0.266. The summed E-state index contributed by atoms with van der Waals surface area (Å²) in [5.41, 5.74) is 7.18. The van der Waals surface area contributed by atoms with Crippen molar-refractivity contribution in [1.82, 2.24) is 0 Å². The fourth-order valence-electron chi connectivity index (χ4n) is 2.22. The van der Waals surface area contributed by atoms with Gasteiger partial charge in [-0.2, -0.15) is 0 Å². The Hall–Kier alpha value is -1.22. The molecular formula is C13H19NO2. The molecule has 0 heterocycles. The van der Waals surface area contributed by atoms with Crippen LogP contribution in [0.5, 0.6) is 11.5 Å². The van der Waals surface area contributed by atoms with Gasteiger partial charge >= 0.3 is 0 Å². The molecule has 1 aromatic carbocycles. The van der Waals surface area contributed by atoms with Crippen molar-refractivity contribution in [2.45, 2.75) is 25.3 Å². The van der Waals surface area contributed by atoms with Crippen LogP contribution in [0.25, 0.3) is 0 Å². The number of methoxy groups -OCH3 is 2. The van der Waals surface area contributed by atoms with Crippen LogP contribution in [0, 0.1) is 5.92 Å². The second-order valence-corrected chi connectivity index (χ2v) is 4.51. The van der Waals surface area contributed by atoms with Crippen molar-refractivity contribution >= 4 is 0 Å². The summed E-state index contributed by atoms with van der Waals surface area (Å²) in [6.07, 6.45) is 1.17. The Labute approximate surface area is 96.5 Å². The topological polar surface area (TPSA) is 44.5 Å². The van der Waals surface area contributed by atoms with Gasteiger partial charge in [-0.15, -0.1) is 0 Å². The first-order valence-electron chi connectivity index (χ1n) is 5.64. The number of rotatable bonds is 4. The highest BCUT2D eigenvalue weighted by Crippen LogP contribution is 2.50. The van der Waals surface area contributed by atoms with E-state index in [2.05, 4.69) is 19.1 Å². The molecular weight excluding hydrogens is 202 g/mol. The predicted octanol–water partition coefficient (Wildman–Crippen LogP) is 2.15. The van der Waals surface area contributed by atoms with Gasteiger partial charge in [-0.1, -0.05) is 0 Å². The van der Waals surface area contributed by atoms with E-state index in [0.29, 0.717) is 11.8 Å². The molecule has 0 aromatic heterocycles. The Kier molecular flexibility index (Phi) is 3.06. The average Bonchev–Trinajstić information content (AvgIpc) is 3.08. The van der Waals surface area contributed by atoms with Crippen LogP contribution in [0.3, 0.4) is 0 Å². The van der Waals surface area contributed by atoms with E-state index in [1.54, 1.807) is 14.2 Å². The van der Waals surface area contributed by atoms with E-state index in [1.165, 1.54) is 12.0 Å². The minimum absolute atomic E-state index is 0.266. The van der Waals surface area contributed by atoms with Crippen molar-refractivity contribution in [1.29, 1.82) is 0 Å². The van der Waals surface area contributed by atoms with E-state index in [4.69, 9.17) is 15.2 Å². The summed E-state index contributed by atoms with van der Waals surface area (Å²) in [5, 5.41) is 0. The van der Waals surface area contributed by atoms with Crippen LogP contribution in [0.2, 0.25) is 0 Å². The van der Waals surface area contributed by atoms with Crippen LogP contribution < -0.4 is 15.2 Å². The zero-order valence-electron chi connectivity index (χ0n) is 10.1. The van der Waals surface area contributed by atoms with E-state index < -0.39 is 0 Å². The van der Waals surface area contributed by atoms with Gasteiger partial charge in [0, 0.05) is 12.1 Å². The Balaban J connectivity index is 2.21. The van der Waals surface area contributed by atoms with Crippen molar-refractivity contribution in [3.05, 3.63) is 23.8 Å². The molecule has 0 bridgehead atoms. The van der Waals surface area contributed by atoms with Gasteiger partial charge < -0.3 is 15.2 Å². The first-order valence-corrected chi connectivity index (χ1v) is 5.64. The minimum Gasteiger partial charge on any atom is -0.497 e. The summed E-state index contributed by atoms with van der Waals surface area (Å²) < 4.78 is 10.5. The second kappa shape index (κ2) is 4.34. The van der Waals surface area contributed by atoms with Crippen LogP contribution in [-0.4, -0.2) is 20.3 Å². The van der Waals surface area contributed by atoms with Crippen LogP contribution in [-0.2, 0) is 0 Å². The molecule has 2 N–H and O–H groups in total. The third-order valence-electron chi connectivity index (χ3n) is 3.32. The lowest BCUT2D eigenvalue weighted by Crippen LogP contribution is -2.17. The summed E-state index contributed by atoms with van der Waals surface area (Å²) in [4.78, 5) is 0. The first kappa shape index (κ1) is 11.3. The predicted molar refractivity (Wildman–Crippen MR) is 64.0 cm³/mol. The highest BCUT2D eigenvalue weighted by Gasteiger charge is 2.41. The third kappa shape index (κ3) is 2.14. The molecule has 0 spiro atoms. The van der Waals surface area contributed by atoms with Crippen molar-refractivity contribution in [3.8, 4) is 11.5 Å². The standard InChI is InChI=1S/C13H19NO2/c1-8(14)12-7-13(12)9-4-10(15-2)6-11(5-9)16-3/h4-6,8,12-13H,7,14H2,1-3H3/t8-,12-,13+/m0/s1. The smallest absolute Gasteiger partial charge is 0.122 e. The summed E-state index contributed by atoms with van der Waals surface area (Å²) in [5.74, 6) is 2.88. The SMILES string of the molecule is COc1cc(OC)cc([C@H]2C[C@H]2[C@H](C)N)c1. The lowest BCUT2D eigenvalue weighted by molar-refractivity contribution is 0.393. The van der Waals surface area contributed by atoms with Gasteiger partial charge in [0.2, 0.25) is 0 Å². The molecule has 1 aromatic rings. The summed E-state index contributed by atoms with van der Waals surface area (Å²) in [6, 6.07) is 6.32. The van der Waals surface area contributed by atoms with Gasteiger partial charge in [0.15, 0.2) is 0 Å². The maximum Gasteiger partial charge on any atom is 0.122 e. The van der Waals surface area contributed by atoms with Gasteiger partial charge in [-0.25, -0.2) is 0 Å². The molecule has 0 radical (unpaired) electrons. The molecule has 0 aliphatic heterocycles. The Morgan fingerprint density at radius 1 is 1.19 bits per heavy atom. The van der Waals surface area contributed by atoms with Gasteiger partial charge in [0.05, 0.1) is 14.2 Å². The van der Waals surface area contributed by atoms with E-state index in [1.807, 2.05) is 6.07 Å². The monoisotopic (exact) mass is 221 g/mol. The molecule has 0 unspecified atom stereocenters. The van der Waals surface area contributed by atoms with Crippen LogP contribution in [0.15, 0.2) is 18.2 Å². The van der Waals surface area contributed by atoms with Crippen molar-refractivity contribution < 1.29 is 9.47 Å². The molecule has 16 heavy (non-hydrogen) atoms. The van der Waals surface area contributed by atoms with Crippen molar-refractivity contribution in [2.24, 2.45) is 11.7 Å². The van der Waals surface area contributed by atoms with Gasteiger partial charge in [0.1, 0.15) is 11.5 Å². The summed E-state index contributed by atoms with van der Waals surface area (Å²) in [7, 11) is 3.35. The average molecular weight is 221 g/mol. The van der Waals surface area contributed by atoms with Crippen LogP contribution in [0.1, 0.15) is 24.8 Å². The van der Waals surface area contributed by atoms with Crippen LogP contribution >= 0.6 is 0 Å². The van der Waals surface area contributed by atoms with E-state index in [-0.39, 0.29) is 6.04 Å². The molecule has 1 saturated carbocycles. The molecule has 3 atom stereocenters. The van der Waals surface area contributed by atoms with Crippen molar-refractivity contribution in [3.63, 3.8) is 0 Å². The van der Waals surface area contributed by atoms with E-state index >= 15 is 0 Å². The zero-order chi connectivity index (χ0) is 11.7. The molecule has 2 rings (SSSR count). The Bertz CT molecular complexity index is 354. The number of hydrogen-bond acceptors (Lipinski definition) is 3. The molecule has 3 nitrogen and oxygen atoms in total. The fourth-order valence-corrected chi connectivity index (χ4v) is 2.22. The number of nitrogens with two attached hydrogens (primary N) is 1. The van der Waals surface area contributed by atoms with Crippen molar-refractivity contribution in [2.75, 3.05) is 14.2 Å². The summed E-state index contributed by atoms with van der Waals surface area (Å²) in [6.45, 7) is 2.07. The molecule has 1 fully saturated rings. The molecule has 1 aliphatic rings. The number of benzene rings is 1. The summed E-state index contributed by atoms with van der Waals surface area (Å²) >= 11 is 0. The molecule has 0 saturated heterocycles. The van der Waals surface area contributed by atoms with Gasteiger partial charge in [0.25, 0.3) is 0 Å². The number of hydrogen-bond donors (Lipinski definition) is 1. The fraction of sp³-hybridized carbons (Fsp3) is 0.538. The highest BCUT2D eigenvalue weighted by molar-refractivity contribution is 5.42. The lowest BCUT2D eigenvalue weighted by atomic mass is 10.1. The van der Waals surface area contributed by atoms with E-state index in [9.17, 15) is 0 Å². The number of ether oxygens (including phenoxy) is 2. The Morgan fingerprint density at radius 3 is 2.12 bits per heavy atom. The highest BCUT2D eigenvalue weighted by atomic mass is 16.5. The normalized spacial score (nSPS) is 25.0. The Morgan fingerprint density at radius 2 is 1.75 bits per heavy atom. The lowest BCUT2D eigenvalue weighted by Gasteiger charge is -2.09. The second-order valence-electron chi connectivity index (χ2n) is 4.51. The maximum absolute atomic E-state index is 5.90. The molecule has 0 amide bonds. The largest absolute Gasteiger partial charge is 0.497 e. The molecule has 3 heteroatoms. The van der Waals surface area contributed by atoms with Gasteiger partial charge in [-0.3, -0.25) is 0 Å². The third-order valence-corrected chi connectivity index (χ3v) is 3.32. The first-order chi connectivity index (χ1) is 7.65.